The van der Waals surface area contributed by atoms with Crippen molar-refractivity contribution in [2.75, 3.05) is 6.61 Å². The van der Waals surface area contributed by atoms with Crippen molar-refractivity contribution >= 4 is 22.4 Å². The fraction of sp³-hybridized carbons (Fsp3) is 0.241. The van der Waals surface area contributed by atoms with Gasteiger partial charge in [0.2, 0.25) is 0 Å². The predicted octanol–water partition coefficient (Wildman–Crippen LogP) is 7.95. The van der Waals surface area contributed by atoms with Gasteiger partial charge in [-0.15, -0.1) is 0 Å². The maximum absolute atomic E-state index is 6.27. The van der Waals surface area contributed by atoms with Gasteiger partial charge in [-0.25, -0.2) is 0 Å². The molecule has 0 atom stereocenters. The molecular formula is C29H29ClO2. The van der Waals surface area contributed by atoms with Crippen LogP contribution in [0.15, 0.2) is 78.9 Å². The van der Waals surface area contributed by atoms with Crippen LogP contribution in [0.1, 0.15) is 35.6 Å². The van der Waals surface area contributed by atoms with E-state index in [0.29, 0.717) is 24.0 Å². The number of aryl methyl sites for hydroxylation is 2. The molecular weight excluding hydrogens is 416 g/mol. The summed E-state index contributed by atoms with van der Waals surface area (Å²) in [6.07, 6.45) is 2.95. The maximum atomic E-state index is 6.27. The van der Waals surface area contributed by atoms with Gasteiger partial charge in [-0.1, -0.05) is 85.6 Å². The molecule has 4 aromatic rings. The zero-order valence-corrected chi connectivity index (χ0v) is 19.5. The summed E-state index contributed by atoms with van der Waals surface area (Å²) < 4.78 is 12.2. The van der Waals surface area contributed by atoms with Crippen molar-refractivity contribution in [2.24, 2.45) is 0 Å². The van der Waals surface area contributed by atoms with E-state index >= 15 is 0 Å². The van der Waals surface area contributed by atoms with Gasteiger partial charge >= 0.3 is 0 Å². The zero-order valence-electron chi connectivity index (χ0n) is 18.7. The quantitative estimate of drug-likeness (QED) is 0.260. The van der Waals surface area contributed by atoms with E-state index in [0.717, 1.165) is 36.1 Å². The average molecular weight is 445 g/mol. The minimum atomic E-state index is 0.455. The Balaban J connectivity index is 1.43. The number of benzene rings is 4. The first kappa shape index (κ1) is 22.2. The molecule has 0 saturated carbocycles. The molecule has 0 aliphatic carbocycles. The molecule has 0 bridgehead atoms. The van der Waals surface area contributed by atoms with Crippen LogP contribution in [0.5, 0.6) is 11.5 Å². The van der Waals surface area contributed by atoms with E-state index in [1.165, 1.54) is 21.9 Å². The predicted molar refractivity (Wildman–Crippen MR) is 134 cm³/mol. The van der Waals surface area contributed by atoms with Gasteiger partial charge < -0.3 is 9.47 Å². The molecule has 4 rings (SSSR count). The van der Waals surface area contributed by atoms with Crippen molar-refractivity contribution in [3.8, 4) is 11.5 Å². The highest BCUT2D eigenvalue weighted by atomic mass is 35.5. The van der Waals surface area contributed by atoms with Crippen LogP contribution in [0, 0.1) is 6.92 Å². The number of hydrogen-bond acceptors (Lipinski definition) is 2. The largest absolute Gasteiger partial charge is 0.493 e. The second-order valence-corrected chi connectivity index (χ2v) is 8.60. The van der Waals surface area contributed by atoms with E-state index in [2.05, 4.69) is 67.6 Å². The molecule has 4 aromatic carbocycles. The summed E-state index contributed by atoms with van der Waals surface area (Å²) in [5.74, 6) is 1.66. The summed E-state index contributed by atoms with van der Waals surface area (Å²) in [4.78, 5) is 0. The lowest BCUT2D eigenvalue weighted by atomic mass is 10.1. The summed E-state index contributed by atoms with van der Waals surface area (Å²) in [5.41, 5.74) is 4.72. The van der Waals surface area contributed by atoms with Crippen molar-refractivity contribution in [2.45, 2.75) is 39.7 Å². The minimum absolute atomic E-state index is 0.455. The number of fused-ring (bicyclic) bond motifs is 1. The highest BCUT2D eigenvalue weighted by Gasteiger charge is 2.08. The lowest BCUT2D eigenvalue weighted by Gasteiger charge is -2.14. The van der Waals surface area contributed by atoms with Gasteiger partial charge in [0.15, 0.2) is 0 Å². The molecule has 0 unspecified atom stereocenters. The zero-order chi connectivity index (χ0) is 22.3. The summed E-state index contributed by atoms with van der Waals surface area (Å²) in [7, 11) is 0. The van der Waals surface area contributed by atoms with Crippen molar-refractivity contribution < 1.29 is 9.47 Å². The van der Waals surface area contributed by atoms with Crippen molar-refractivity contribution in [1.82, 2.24) is 0 Å². The van der Waals surface area contributed by atoms with Gasteiger partial charge in [-0.2, -0.15) is 0 Å². The van der Waals surface area contributed by atoms with E-state index in [4.69, 9.17) is 21.1 Å². The molecule has 164 valence electrons. The van der Waals surface area contributed by atoms with Gasteiger partial charge in [-0.05, 0) is 64.6 Å². The van der Waals surface area contributed by atoms with Crippen LogP contribution in [0.2, 0.25) is 5.02 Å². The third-order valence-corrected chi connectivity index (χ3v) is 5.91. The summed E-state index contributed by atoms with van der Waals surface area (Å²) in [6, 6.07) is 27.3. The van der Waals surface area contributed by atoms with Gasteiger partial charge in [0.25, 0.3) is 0 Å². The van der Waals surface area contributed by atoms with Crippen LogP contribution in [0.3, 0.4) is 0 Å². The molecule has 0 aliphatic heterocycles. The molecule has 0 aliphatic rings. The Kier molecular flexibility index (Phi) is 7.34. The molecule has 0 heterocycles. The number of hydrogen-bond donors (Lipinski definition) is 0. The fourth-order valence-electron chi connectivity index (χ4n) is 3.85. The van der Waals surface area contributed by atoms with Gasteiger partial charge in [-0.3, -0.25) is 0 Å². The number of ether oxygens (including phenoxy) is 2. The summed E-state index contributed by atoms with van der Waals surface area (Å²) >= 11 is 6.27. The summed E-state index contributed by atoms with van der Waals surface area (Å²) in [6.45, 7) is 5.32. The highest BCUT2D eigenvalue weighted by molar-refractivity contribution is 6.32. The second-order valence-electron chi connectivity index (χ2n) is 8.19. The van der Waals surface area contributed by atoms with Crippen LogP contribution in [-0.4, -0.2) is 6.61 Å². The number of halogens is 1. The van der Waals surface area contributed by atoms with Crippen molar-refractivity contribution in [3.63, 3.8) is 0 Å². The first-order valence-corrected chi connectivity index (χ1v) is 11.6. The molecule has 0 amide bonds. The SMILES string of the molecule is CCCc1ccc(COc2cc(C)ccc2Cl)cc1OCCc1ccc2ccccc2c1. The monoisotopic (exact) mass is 444 g/mol. The van der Waals surface area contributed by atoms with Crippen LogP contribution >= 0.6 is 11.6 Å². The summed E-state index contributed by atoms with van der Waals surface area (Å²) in [5, 5.41) is 3.17. The molecule has 0 fully saturated rings. The molecule has 0 radical (unpaired) electrons. The standard InChI is InChI=1S/C29H29ClO2/c1-3-6-25-13-11-23(20-32-29-17-21(2)9-14-27(29)30)19-28(25)31-16-15-22-10-12-24-7-4-5-8-26(24)18-22/h4-5,7-14,17-19H,3,6,15-16,20H2,1-2H3. The highest BCUT2D eigenvalue weighted by Crippen LogP contribution is 2.28. The van der Waals surface area contributed by atoms with Crippen LogP contribution in [0.25, 0.3) is 10.8 Å². The number of rotatable bonds is 9. The normalized spacial score (nSPS) is 11.0. The fourth-order valence-corrected chi connectivity index (χ4v) is 4.03. The first-order valence-electron chi connectivity index (χ1n) is 11.2. The third kappa shape index (κ3) is 5.63. The second kappa shape index (κ2) is 10.6. The Labute approximate surface area is 195 Å². The van der Waals surface area contributed by atoms with Crippen molar-refractivity contribution in [3.05, 3.63) is 106 Å². The molecule has 0 aromatic heterocycles. The first-order chi connectivity index (χ1) is 15.6. The van der Waals surface area contributed by atoms with Crippen LogP contribution in [0.4, 0.5) is 0 Å². The Morgan fingerprint density at radius 1 is 0.719 bits per heavy atom. The van der Waals surface area contributed by atoms with E-state index in [1.54, 1.807) is 0 Å². The Hall–Kier alpha value is -2.97. The average Bonchev–Trinajstić information content (AvgIpc) is 2.81. The van der Waals surface area contributed by atoms with E-state index in [9.17, 15) is 0 Å². The molecule has 0 saturated heterocycles. The van der Waals surface area contributed by atoms with E-state index in [1.807, 2.05) is 25.1 Å². The van der Waals surface area contributed by atoms with E-state index < -0.39 is 0 Å². The Morgan fingerprint density at radius 3 is 2.38 bits per heavy atom. The smallest absolute Gasteiger partial charge is 0.138 e. The molecule has 2 nitrogen and oxygen atoms in total. The Bertz CT molecular complexity index is 1200. The third-order valence-electron chi connectivity index (χ3n) is 5.59. The molecule has 32 heavy (non-hydrogen) atoms. The van der Waals surface area contributed by atoms with Gasteiger partial charge in [0.05, 0.1) is 11.6 Å². The molecule has 3 heteroatoms. The van der Waals surface area contributed by atoms with Gasteiger partial charge in [0.1, 0.15) is 18.1 Å². The van der Waals surface area contributed by atoms with E-state index in [-0.39, 0.29) is 0 Å². The van der Waals surface area contributed by atoms with Gasteiger partial charge in [0, 0.05) is 6.42 Å². The lowest BCUT2D eigenvalue weighted by molar-refractivity contribution is 0.300. The molecule has 0 N–H and O–H groups in total. The van der Waals surface area contributed by atoms with Crippen LogP contribution < -0.4 is 9.47 Å². The maximum Gasteiger partial charge on any atom is 0.138 e. The van der Waals surface area contributed by atoms with Crippen LogP contribution in [-0.2, 0) is 19.4 Å². The Morgan fingerprint density at radius 2 is 1.53 bits per heavy atom. The molecule has 0 spiro atoms. The minimum Gasteiger partial charge on any atom is -0.493 e. The lowest BCUT2D eigenvalue weighted by Crippen LogP contribution is -2.05. The van der Waals surface area contributed by atoms with Crippen molar-refractivity contribution in [1.29, 1.82) is 0 Å². The topological polar surface area (TPSA) is 18.5 Å².